The van der Waals surface area contributed by atoms with E-state index in [1.807, 2.05) is 18.2 Å². The van der Waals surface area contributed by atoms with E-state index in [1.54, 1.807) is 6.07 Å². The predicted molar refractivity (Wildman–Crippen MR) is 151 cm³/mol. The van der Waals surface area contributed by atoms with Gasteiger partial charge in [0.2, 0.25) is 0 Å². The van der Waals surface area contributed by atoms with E-state index in [0.29, 0.717) is 6.42 Å². The average Bonchev–Trinajstić information content (AvgIpc) is 3.75. The number of hydrogen-bond acceptors (Lipinski definition) is 4. The molecule has 0 unspecified atom stereocenters. The second-order valence-corrected chi connectivity index (χ2v) is 10.1. The van der Waals surface area contributed by atoms with Gasteiger partial charge in [0, 0.05) is 44.5 Å². The van der Waals surface area contributed by atoms with Gasteiger partial charge < -0.3 is 15.1 Å². The quantitative estimate of drug-likeness (QED) is 0.377. The van der Waals surface area contributed by atoms with Crippen LogP contribution in [0, 0.1) is 0 Å². The second-order valence-electron chi connectivity index (χ2n) is 10.1. The fourth-order valence-electron chi connectivity index (χ4n) is 5.32. The summed E-state index contributed by atoms with van der Waals surface area (Å²) >= 11 is 0. The number of aromatic hydroxyl groups is 1. The molecule has 36 heavy (non-hydrogen) atoms. The molecule has 1 aliphatic heterocycles. The van der Waals surface area contributed by atoms with E-state index >= 15 is 0 Å². The minimum Gasteiger partial charge on any atom is -0.508 e. The highest BCUT2D eigenvalue weighted by atomic mass is 16.3. The van der Waals surface area contributed by atoms with Crippen molar-refractivity contribution < 1.29 is 10.2 Å². The molecular weight excluding hydrogens is 444 g/mol. The van der Waals surface area contributed by atoms with Crippen LogP contribution in [-0.2, 0) is 0 Å². The van der Waals surface area contributed by atoms with E-state index in [0.717, 1.165) is 74.6 Å². The second kappa shape index (κ2) is 12.9. The molecule has 1 aromatic rings. The monoisotopic (exact) mass is 486 g/mol. The van der Waals surface area contributed by atoms with Crippen molar-refractivity contribution in [2.24, 2.45) is 0 Å². The van der Waals surface area contributed by atoms with Gasteiger partial charge in [0.25, 0.3) is 0 Å². The summed E-state index contributed by atoms with van der Waals surface area (Å²) in [5.41, 5.74) is 6.54. The van der Waals surface area contributed by atoms with Crippen molar-refractivity contribution in [2.45, 2.75) is 57.9 Å². The first-order valence-corrected chi connectivity index (χ1v) is 13.6. The summed E-state index contributed by atoms with van der Waals surface area (Å²) in [6.45, 7) is 11.1. The first-order valence-electron chi connectivity index (χ1n) is 13.6. The van der Waals surface area contributed by atoms with Crippen LogP contribution >= 0.6 is 0 Å². The van der Waals surface area contributed by atoms with Gasteiger partial charge in [-0.2, -0.15) is 0 Å². The van der Waals surface area contributed by atoms with E-state index < -0.39 is 0 Å². The number of phenolic OH excluding ortho intramolecular Hbond substituents is 1. The number of benzene rings is 1. The van der Waals surface area contributed by atoms with Crippen LogP contribution in [0.4, 0.5) is 0 Å². The molecule has 4 nitrogen and oxygen atoms in total. The Morgan fingerprint density at radius 1 is 1.11 bits per heavy atom. The van der Waals surface area contributed by atoms with Gasteiger partial charge in [-0.3, -0.25) is 4.90 Å². The largest absolute Gasteiger partial charge is 0.508 e. The Kier molecular flexibility index (Phi) is 9.43. The molecule has 0 radical (unpaired) electrons. The molecule has 1 heterocycles. The lowest BCUT2D eigenvalue weighted by atomic mass is 9.86. The van der Waals surface area contributed by atoms with Crippen LogP contribution in [0.3, 0.4) is 0 Å². The minimum absolute atomic E-state index is 0.145. The van der Waals surface area contributed by atoms with Crippen LogP contribution in [-0.4, -0.2) is 58.8 Å². The third-order valence-electron chi connectivity index (χ3n) is 7.42. The van der Waals surface area contributed by atoms with Crippen LogP contribution in [0.2, 0.25) is 0 Å². The number of rotatable bonds is 10. The summed E-state index contributed by atoms with van der Waals surface area (Å²) in [4.78, 5) is 5.11. The van der Waals surface area contributed by atoms with Gasteiger partial charge in [-0.15, -0.1) is 0 Å². The highest BCUT2D eigenvalue weighted by Crippen LogP contribution is 2.36. The summed E-state index contributed by atoms with van der Waals surface area (Å²) in [5.74, 6) is 0.247. The Hall–Kier alpha value is -2.82. The highest BCUT2D eigenvalue weighted by Gasteiger charge is 2.31. The Labute approximate surface area is 217 Å². The van der Waals surface area contributed by atoms with E-state index in [4.69, 9.17) is 0 Å². The molecule has 192 valence electrons. The highest BCUT2D eigenvalue weighted by molar-refractivity contribution is 5.87. The van der Waals surface area contributed by atoms with Crippen molar-refractivity contribution in [2.75, 3.05) is 32.8 Å². The van der Waals surface area contributed by atoms with Gasteiger partial charge in [0.05, 0.1) is 0 Å². The molecule has 2 fully saturated rings. The summed E-state index contributed by atoms with van der Waals surface area (Å²) in [5, 5.41) is 19.9. The summed E-state index contributed by atoms with van der Waals surface area (Å²) in [7, 11) is 0. The average molecular weight is 487 g/mol. The smallest absolute Gasteiger partial charge is 0.116 e. The number of aliphatic hydroxyl groups is 1. The SMILES string of the molecule is C=C(/C=C\C(=C/C)N1CCN(C2CC2)CC1)/C(=C(/CCCO)C1=CCCCC=C1)c1cccc(O)c1. The number of piperazine rings is 1. The first kappa shape index (κ1) is 26.2. The lowest BCUT2D eigenvalue weighted by molar-refractivity contribution is 0.155. The van der Waals surface area contributed by atoms with Crippen molar-refractivity contribution in [3.05, 3.63) is 95.3 Å². The van der Waals surface area contributed by atoms with Crippen LogP contribution in [0.25, 0.3) is 5.57 Å². The third kappa shape index (κ3) is 6.89. The fraction of sp³-hybridized carbons (Fsp3) is 0.438. The zero-order chi connectivity index (χ0) is 25.3. The Morgan fingerprint density at radius 2 is 1.92 bits per heavy atom. The lowest BCUT2D eigenvalue weighted by Gasteiger charge is -2.36. The fourth-order valence-corrected chi connectivity index (χ4v) is 5.32. The van der Waals surface area contributed by atoms with Gasteiger partial charge in [0.15, 0.2) is 0 Å². The third-order valence-corrected chi connectivity index (χ3v) is 7.42. The molecule has 1 saturated carbocycles. The van der Waals surface area contributed by atoms with Crippen molar-refractivity contribution in [1.82, 2.24) is 9.80 Å². The van der Waals surface area contributed by atoms with E-state index in [-0.39, 0.29) is 12.4 Å². The molecule has 0 atom stereocenters. The van der Waals surface area contributed by atoms with Crippen LogP contribution in [0.1, 0.15) is 57.4 Å². The molecule has 2 aliphatic carbocycles. The van der Waals surface area contributed by atoms with Crippen LogP contribution in [0.15, 0.2) is 89.7 Å². The molecule has 2 N–H and O–H groups in total. The van der Waals surface area contributed by atoms with Gasteiger partial charge in [-0.05, 0) is 97.9 Å². The molecule has 4 rings (SSSR count). The standard InChI is InChI=1S/C32H42N2O2/c1-3-28(33-19-21-34(22-20-33)29-17-18-29)16-15-25(2)32(27-12-8-13-30(36)24-27)31(14-9-23-35)26-10-6-4-5-7-11-26/h3,6,8,10-13,15-16,24,29,35-36H,2,4-5,7,9,14,17-23H2,1H3/b16-15-,28-3+,32-31+. The molecule has 1 saturated heterocycles. The van der Waals surface area contributed by atoms with Gasteiger partial charge in [-0.1, -0.05) is 49.1 Å². The van der Waals surface area contributed by atoms with Crippen molar-refractivity contribution in [3.8, 4) is 5.75 Å². The topological polar surface area (TPSA) is 46.9 Å². The van der Waals surface area contributed by atoms with Crippen molar-refractivity contribution >= 4 is 5.57 Å². The summed E-state index contributed by atoms with van der Waals surface area (Å²) < 4.78 is 0. The summed E-state index contributed by atoms with van der Waals surface area (Å²) in [6.07, 6.45) is 20.7. The Morgan fingerprint density at radius 3 is 2.61 bits per heavy atom. The number of allylic oxidation sites excluding steroid dienone is 10. The molecule has 0 spiro atoms. The predicted octanol–water partition coefficient (Wildman–Crippen LogP) is 6.38. The van der Waals surface area contributed by atoms with Crippen LogP contribution in [0.5, 0.6) is 5.75 Å². The maximum Gasteiger partial charge on any atom is 0.116 e. The molecule has 1 aromatic carbocycles. The number of aliphatic hydroxyl groups excluding tert-OH is 1. The maximum absolute atomic E-state index is 10.3. The Balaban J connectivity index is 1.64. The molecule has 0 bridgehead atoms. The molecular formula is C32H42N2O2. The van der Waals surface area contributed by atoms with E-state index in [1.165, 1.54) is 29.7 Å². The van der Waals surface area contributed by atoms with Gasteiger partial charge in [0.1, 0.15) is 5.75 Å². The normalized spacial score (nSPS) is 20.3. The van der Waals surface area contributed by atoms with Gasteiger partial charge in [-0.25, -0.2) is 0 Å². The number of nitrogens with zero attached hydrogens (tertiary/aromatic N) is 2. The maximum atomic E-state index is 10.3. The number of hydrogen-bond donors (Lipinski definition) is 2. The van der Waals surface area contributed by atoms with Crippen molar-refractivity contribution in [1.29, 1.82) is 0 Å². The van der Waals surface area contributed by atoms with Crippen molar-refractivity contribution in [3.63, 3.8) is 0 Å². The lowest BCUT2D eigenvalue weighted by Crippen LogP contribution is -2.46. The van der Waals surface area contributed by atoms with E-state index in [9.17, 15) is 10.2 Å². The molecule has 0 amide bonds. The molecule has 4 heteroatoms. The zero-order valence-corrected chi connectivity index (χ0v) is 21.8. The van der Waals surface area contributed by atoms with Crippen LogP contribution < -0.4 is 0 Å². The first-order chi connectivity index (χ1) is 17.6. The zero-order valence-electron chi connectivity index (χ0n) is 21.8. The minimum atomic E-state index is 0.145. The molecule has 3 aliphatic rings. The van der Waals surface area contributed by atoms with Gasteiger partial charge >= 0.3 is 0 Å². The Bertz CT molecular complexity index is 1060. The molecule has 0 aromatic heterocycles. The number of phenols is 1. The van der Waals surface area contributed by atoms with E-state index in [2.05, 4.69) is 59.8 Å². The summed E-state index contributed by atoms with van der Waals surface area (Å²) in [6, 6.07) is 8.29.